The van der Waals surface area contributed by atoms with Gasteiger partial charge < -0.3 is 5.11 Å². The molecule has 1 rings (SSSR count). The van der Waals surface area contributed by atoms with E-state index in [2.05, 4.69) is 29.5 Å². The van der Waals surface area contributed by atoms with Gasteiger partial charge in [-0.2, -0.15) is 0 Å². The first-order valence-corrected chi connectivity index (χ1v) is 7.58. The zero-order valence-corrected chi connectivity index (χ0v) is 13.7. The number of benzene rings is 1. The van der Waals surface area contributed by atoms with E-state index in [-0.39, 0.29) is 0 Å². The van der Waals surface area contributed by atoms with Gasteiger partial charge >= 0.3 is 5.97 Å². The molecule has 1 aromatic rings. The number of aliphatic carboxylic acids is 1. The standard InChI is InChI=1S/C18H24O5/c1-4-12-21-23-22-13-6-5-7-16-8-9-17(10-11-18(19)20)15(3)14(16)2/h4,8-11H,1,5-7,12-13H2,2-3H3,(H,19,20)/b11-10+. The molecule has 0 aliphatic carbocycles. The molecule has 0 aliphatic rings. The average molecular weight is 320 g/mol. The van der Waals surface area contributed by atoms with Crippen LogP contribution in [0.3, 0.4) is 0 Å². The Labute approximate surface area is 137 Å². The maximum atomic E-state index is 10.6. The number of carboxylic acids is 1. The van der Waals surface area contributed by atoms with E-state index in [0.29, 0.717) is 13.2 Å². The van der Waals surface area contributed by atoms with Crippen molar-refractivity contribution >= 4 is 12.0 Å². The maximum absolute atomic E-state index is 10.6. The van der Waals surface area contributed by atoms with E-state index in [4.69, 9.17) is 9.99 Å². The number of aryl methyl sites for hydroxylation is 1. The van der Waals surface area contributed by atoms with E-state index in [1.165, 1.54) is 11.1 Å². The summed E-state index contributed by atoms with van der Waals surface area (Å²) >= 11 is 0. The number of unbranched alkanes of at least 4 members (excludes halogenated alkanes) is 1. The molecule has 0 aromatic heterocycles. The molecule has 5 nitrogen and oxygen atoms in total. The van der Waals surface area contributed by atoms with Crippen molar-refractivity contribution in [1.82, 2.24) is 0 Å². The largest absolute Gasteiger partial charge is 0.478 e. The molecule has 0 radical (unpaired) electrons. The van der Waals surface area contributed by atoms with Gasteiger partial charge in [0.1, 0.15) is 6.61 Å². The SMILES string of the molecule is C=CCOOOCCCCc1ccc(/C=C/C(=O)O)c(C)c1C. The molecule has 0 heterocycles. The second-order valence-corrected chi connectivity index (χ2v) is 5.16. The lowest BCUT2D eigenvalue weighted by Gasteiger charge is -2.11. The summed E-state index contributed by atoms with van der Waals surface area (Å²) < 4.78 is 0. The van der Waals surface area contributed by atoms with Crippen molar-refractivity contribution in [2.24, 2.45) is 0 Å². The lowest BCUT2D eigenvalue weighted by molar-refractivity contribution is -0.509. The lowest BCUT2D eigenvalue weighted by atomic mass is 9.95. The van der Waals surface area contributed by atoms with Gasteiger partial charge in [-0.3, -0.25) is 0 Å². The smallest absolute Gasteiger partial charge is 0.328 e. The molecule has 0 atom stereocenters. The van der Waals surface area contributed by atoms with Crippen molar-refractivity contribution in [2.75, 3.05) is 13.2 Å². The number of hydrogen-bond acceptors (Lipinski definition) is 4. The molecule has 0 aliphatic heterocycles. The summed E-state index contributed by atoms with van der Waals surface area (Å²) in [5.74, 6) is -0.939. The summed E-state index contributed by atoms with van der Waals surface area (Å²) in [6.45, 7) is 8.32. The molecule has 0 unspecified atom stereocenters. The number of carboxylic acid groups (broad SMARTS) is 1. The molecule has 0 saturated carbocycles. The minimum absolute atomic E-state index is 0.293. The maximum Gasteiger partial charge on any atom is 0.328 e. The molecule has 0 saturated heterocycles. The summed E-state index contributed by atoms with van der Waals surface area (Å²) in [7, 11) is 0. The van der Waals surface area contributed by atoms with Crippen LogP contribution in [0.2, 0.25) is 0 Å². The van der Waals surface area contributed by atoms with E-state index >= 15 is 0 Å². The van der Waals surface area contributed by atoms with Gasteiger partial charge in [0, 0.05) is 6.08 Å². The third-order valence-electron chi connectivity index (χ3n) is 3.55. The van der Waals surface area contributed by atoms with Crippen LogP contribution in [0.15, 0.2) is 30.9 Å². The molecule has 0 amide bonds. The molecule has 0 bridgehead atoms. The Kier molecular flexibility index (Phi) is 8.90. The highest BCUT2D eigenvalue weighted by Crippen LogP contribution is 2.20. The van der Waals surface area contributed by atoms with Crippen LogP contribution in [-0.2, 0) is 26.0 Å². The van der Waals surface area contributed by atoms with Gasteiger partial charge in [0.05, 0.1) is 6.61 Å². The van der Waals surface area contributed by atoms with Crippen LogP contribution in [0.5, 0.6) is 0 Å². The first-order valence-electron chi connectivity index (χ1n) is 7.58. The van der Waals surface area contributed by atoms with Crippen molar-refractivity contribution in [2.45, 2.75) is 33.1 Å². The van der Waals surface area contributed by atoms with Crippen LogP contribution in [0, 0.1) is 13.8 Å². The van der Waals surface area contributed by atoms with Crippen LogP contribution >= 0.6 is 0 Å². The minimum atomic E-state index is -0.939. The van der Waals surface area contributed by atoms with Crippen LogP contribution < -0.4 is 0 Å². The molecule has 0 spiro atoms. The van der Waals surface area contributed by atoms with Gasteiger partial charge in [0.25, 0.3) is 0 Å². The Hall–Kier alpha value is -1.95. The lowest BCUT2D eigenvalue weighted by Crippen LogP contribution is -2.00. The van der Waals surface area contributed by atoms with Gasteiger partial charge in [-0.1, -0.05) is 23.2 Å². The second-order valence-electron chi connectivity index (χ2n) is 5.16. The first-order chi connectivity index (χ1) is 11.1. The van der Waals surface area contributed by atoms with E-state index in [0.717, 1.165) is 36.5 Å². The van der Waals surface area contributed by atoms with Gasteiger partial charge in [-0.25, -0.2) is 14.6 Å². The highest BCUT2D eigenvalue weighted by molar-refractivity contribution is 5.85. The number of carbonyl (C=O) groups is 1. The van der Waals surface area contributed by atoms with Crippen LogP contribution in [0.4, 0.5) is 0 Å². The van der Waals surface area contributed by atoms with Crippen molar-refractivity contribution < 1.29 is 24.7 Å². The summed E-state index contributed by atoms with van der Waals surface area (Å²) in [6, 6.07) is 4.01. The highest BCUT2D eigenvalue weighted by Gasteiger charge is 2.05. The van der Waals surface area contributed by atoms with Crippen LogP contribution in [0.25, 0.3) is 6.08 Å². The fraction of sp³-hybridized carbons (Fsp3) is 0.389. The molecule has 23 heavy (non-hydrogen) atoms. The Bertz CT molecular complexity index is 549. The van der Waals surface area contributed by atoms with E-state index in [9.17, 15) is 4.79 Å². The summed E-state index contributed by atoms with van der Waals surface area (Å²) in [6.07, 6.45) is 7.12. The number of hydrogen-bond donors (Lipinski definition) is 1. The van der Waals surface area contributed by atoms with Gasteiger partial charge in [-0.15, -0.1) is 6.58 Å². The molecule has 1 aromatic carbocycles. The minimum Gasteiger partial charge on any atom is -0.478 e. The average Bonchev–Trinajstić information content (AvgIpc) is 2.52. The van der Waals surface area contributed by atoms with Gasteiger partial charge in [0.2, 0.25) is 0 Å². The van der Waals surface area contributed by atoms with Crippen LogP contribution in [0.1, 0.15) is 35.1 Å². The predicted molar refractivity (Wildman–Crippen MR) is 88.7 cm³/mol. The Morgan fingerprint density at radius 1 is 1.22 bits per heavy atom. The quantitative estimate of drug-likeness (QED) is 0.221. The fourth-order valence-corrected chi connectivity index (χ4v) is 2.13. The third kappa shape index (κ3) is 7.23. The Morgan fingerprint density at radius 2 is 2.00 bits per heavy atom. The highest BCUT2D eigenvalue weighted by atomic mass is 17.5. The van der Waals surface area contributed by atoms with Crippen molar-refractivity contribution in [3.8, 4) is 0 Å². The fourth-order valence-electron chi connectivity index (χ4n) is 2.13. The van der Waals surface area contributed by atoms with E-state index < -0.39 is 5.97 Å². The Balaban J connectivity index is 2.41. The second kappa shape index (κ2) is 10.7. The topological polar surface area (TPSA) is 65.0 Å². The molecular formula is C18H24O5. The van der Waals surface area contributed by atoms with Crippen molar-refractivity contribution in [3.05, 3.63) is 53.1 Å². The normalized spacial score (nSPS) is 11.0. The van der Waals surface area contributed by atoms with Crippen molar-refractivity contribution in [3.63, 3.8) is 0 Å². The zero-order chi connectivity index (χ0) is 17.1. The predicted octanol–water partition coefficient (Wildman–Crippen LogP) is 3.79. The third-order valence-corrected chi connectivity index (χ3v) is 3.55. The summed E-state index contributed by atoms with van der Waals surface area (Å²) in [5, 5.41) is 13.2. The first kappa shape index (κ1) is 19.1. The Morgan fingerprint density at radius 3 is 2.70 bits per heavy atom. The van der Waals surface area contributed by atoms with Crippen molar-refractivity contribution in [1.29, 1.82) is 0 Å². The van der Waals surface area contributed by atoms with E-state index in [1.54, 1.807) is 12.2 Å². The summed E-state index contributed by atoms with van der Waals surface area (Å²) in [5.41, 5.74) is 4.50. The summed E-state index contributed by atoms with van der Waals surface area (Å²) in [4.78, 5) is 20.1. The van der Waals surface area contributed by atoms with E-state index in [1.807, 2.05) is 13.0 Å². The molecule has 126 valence electrons. The van der Waals surface area contributed by atoms with Gasteiger partial charge in [-0.05, 0) is 61.4 Å². The van der Waals surface area contributed by atoms with Gasteiger partial charge in [0.15, 0.2) is 0 Å². The molecule has 1 N–H and O–H groups in total. The monoisotopic (exact) mass is 320 g/mol. The number of rotatable bonds is 11. The molecular weight excluding hydrogens is 296 g/mol. The molecule has 0 fully saturated rings. The molecule has 5 heteroatoms. The van der Waals surface area contributed by atoms with Crippen LogP contribution in [-0.4, -0.2) is 24.3 Å². The zero-order valence-electron chi connectivity index (χ0n) is 13.7.